The number of nitrogens with zero attached hydrogens (tertiary/aromatic N) is 2. The Balaban J connectivity index is 2.28. The van der Waals surface area contributed by atoms with Gasteiger partial charge in [-0.15, -0.1) is 11.3 Å². The van der Waals surface area contributed by atoms with Gasteiger partial charge in [-0.25, -0.2) is 8.42 Å². The second-order valence-corrected chi connectivity index (χ2v) is 8.18. The Kier molecular flexibility index (Phi) is 5.21. The van der Waals surface area contributed by atoms with E-state index >= 15 is 0 Å². The van der Waals surface area contributed by atoms with Crippen molar-refractivity contribution in [3.8, 4) is 0 Å². The van der Waals surface area contributed by atoms with Crippen LogP contribution in [0.1, 0.15) is 11.8 Å². The molecule has 0 bridgehead atoms. The third kappa shape index (κ3) is 3.74. The van der Waals surface area contributed by atoms with Gasteiger partial charge in [0.15, 0.2) is 0 Å². The molecule has 0 aliphatic heterocycles. The fraction of sp³-hybridized carbons (Fsp3) is 0.308. The molecular weight excluding hydrogens is 330 g/mol. The van der Waals surface area contributed by atoms with Gasteiger partial charge in [0, 0.05) is 37.4 Å². The number of hydrogen-bond donors (Lipinski definition) is 1. The zero-order valence-corrected chi connectivity index (χ0v) is 14.1. The predicted molar refractivity (Wildman–Crippen MR) is 86.4 cm³/mol. The van der Waals surface area contributed by atoms with E-state index in [0.29, 0.717) is 16.6 Å². The summed E-state index contributed by atoms with van der Waals surface area (Å²) in [6.45, 7) is 2.82. The molecule has 8 heteroatoms. The molecule has 0 spiro atoms. The summed E-state index contributed by atoms with van der Waals surface area (Å²) in [6.07, 6.45) is 2.93. The Bertz CT molecular complexity index is 716. The third-order valence-corrected chi connectivity index (χ3v) is 5.89. The molecule has 0 amide bonds. The van der Waals surface area contributed by atoms with E-state index in [0.717, 1.165) is 4.88 Å². The van der Waals surface area contributed by atoms with Gasteiger partial charge in [0.2, 0.25) is 10.0 Å². The number of anilines is 1. The molecule has 2 aromatic rings. The van der Waals surface area contributed by atoms with Crippen LogP contribution in [0, 0.1) is 0 Å². The summed E-state index contributed by atoms with van der Waals surface area (Å²) in [4.78, 5) is 4.99. The Morgan fingerprint density at radius 1 is 1.38 bits per heavy atom. The number of pyridine rings is 1. The largest absolute Gasteiger partial charge is 0.384 e. The van der Waals surface area contributed by atoms with E-state index < -0.39 is 10.0 Å². The zero-order chi connectivity index (χ0) is 15.5. The van der Waals surface area contributed by atoms with Crippen molar-refractivity contribution in [1.29, 1.82) is 0 Å². The summed E-state index contributed by atoms with van der Waals surface area (Å²) in [5, 5.41) is 3.04. The molecule has 0 atom stereocenters. The molecule has 2 rings (SSSR count). The van der Waals surface area contributed by atoms with E-state index in [1.54, 1.807) is 25.4 Å². The Labute approximate surface area is 133 Å². The maximum Gasteiger partial charge on any atom is 0.246 e. The van der Waals surface area contributed by atoms with Gasteiger partial charge in [-0.2, -0.15) is 4.31 Å². The molecule has 0 unspecified atom stereocenters. The van der Waals surface area contributed by atoms with Gasteiger partial charge in [-0.3, -0.25) is 4.98 Å². The van der Waals surface area contributed by atoms with Crippen molar-refractivity contribution in [1.82, 2.24) is 9.29 Å². The summed E-state index contributed by atoms with van der Waals surface area (Å²) in [6, 6.07) is 5.25. The molecule has 1 N–H and O–H groups in total. The summed E-state index contributed by atoms with van der Waals surface area (Å²) in [5.74, 6) is 0. The number of hydrogen-bond acceptors (Lipinski definition) is 5. The van der Waals surface area contributed by atoms with Gasteiger partial charge in [0.1, 0.15) is 4.90 Å². The molecular formula is C13H16ClN3O2S2. The van der Waals surface area contributed by atoms with Gasteiger partial charge in [0.25, 0.3) is 0 Å². The van der Waals surface area contributed by atoms with E-state index in [-0.39, 0.29) is 11.4 Å². The normalized spacial score (nSPS) is 11.8. The number of aromatic nitrogens is 1. The minimum atomic E-state index is -3.61. The molecule has 2 heterocycles. The molecule has 0 aromatic carbocycles. The molecule has 0 saturated carbocycles. The van der Waals surface area contributed by atoms with Crippen LogP contribution in [-0.2, 0) is 16.6 Å². The fourth-order valence-electron chi connectivity index (χ4n) is 1.83. The van der Waals surface area contributed by atoms with Crippen LogP contribution < -0.4 is 5.32 Å². The van der Waals surface area contributed by atoms with Crippen molar-refractivity contribution in [3.05, 3.63) is 39.8 Å². The standard InChI is InChI=1S/C13H16ClN3O2S2/c1-3-16-11-6-7-15-8-12(11)21(18,19)17(2)9-10-4-5-13(14)20-10/h4-8H,3,9H2,1-2H3,(H,15,16). The maximum atomic E-state index is 12.7. The topological polar surface area (TPSA) is 62.3 Å². The Hall–Kier alpha value is -1.15. The first-order valence-electron chi connectivity index (χ1n) is 6.33. The van der Waals surface area contributed by atoms with E-state index in [1.807, 2.05) is 13.0 Å². The lowest BCUT2D eigenvalue weighted by Gasteiger charge is -2.18. The van der Waals surface area contributed by atoms with Crippen molar-refractivity contribution < 1.29 is 8.42 Å². The van der Waals surface area contributed by atoms with E-state index in [9.17, 15) is 8.42 Å². The van der Waals surface area contributed by atoms with Crippen LogP contribution in [0.3, 0.4) is 0 Å². The van der Waals surface area contributed by atoms with E-state index in [4.69, 9.17) is 11.6 Å². The Morgan fingerprint density at radius 2 is 2.14 bits per heavy atom. The lowest BCUT2D eigenvalue weighted by atomic mass is 10.4. The van der Waals surface area contributed by atoms with Crippen LogP contribution in [0.4, 0.5) is 5.69 Å². The first-order chi connectivity index (χ1) is 9.95. The second kappa shape index (κ2) is 6.74. The van der Waals surface area contributed by atoms with E-state index in [1.165, 1.54) is 21.8 Å². The molecule has 0 aliphatic carbocycles. The SMILES string of the molecule is CCNc1ccncc1S(=O)(=O)N(C)Cc1ccc(Cl)s1. The van der Waals surface area contributed by atoms with E-state index in [2.05, 4.69) is 10.3 Å². The molecule has 5 nitrogen and oxygen atoms in total. The summed E-state index contributed by atoms with van der Waals surface area (Å²) in [7, 11) is -2.06. The first-order valence-corrected chi connectivity index (χ1v) is 8.97. The van der Waals surface area contributed by atoms with Crippen molar-refractivity contribution in [2.75, 3.05) is 18.9 Å². The van der Waals surface area contributed by atoms with Crippen LogP contribution in [-0.4, -0.2) is 31.3 Å². The summed E-state index contributed by atoms with van der Waals surface area (Å²) >= 11 is 7.24. The van der Waals surface area contributed by atoms with Crippen molar-refractivity contribution in [3.63, 3.8) is 0 Å². The zero-order valence-electron chi connectivity index (χ0n) is 11.7. The minimum absolute atomic E-state index is 0.178. The molecule has 0 fully saturated rings. The van der Waals surface area contributed by atoms with Crippen LogP contribution in [0.2, 0.25) is 4.34 Å². The molecule has 21 heavy (non-hydrogen) atoms. The van der Waals surface area contributed by atoms with Gasteiger partial charge in [-0.05, 0) is 25.1 Å². The highest BCUT2D eigenvalue weighted by Crippen LogP contribution is 2.27. The van der Waals surface area contributed by atoms with Crippen LogP contribution in [0.25, 0.3) is 0 Å². The van der Waals surface area contributed by atoms with Gasteiger partial charge >= 0.3 is 0 Å². The Morgan fingerprint density at radius 3 is 2.76 bits per heavy atom. The van der Waals surface area contributed by atoms with Crippen molar-refractivity contribution in [2.24, 2.45) is 0 Å². The number of halogens is 1. The lowest BCUT2D eigenvalue weighted by molar-refractivity contribution is 0.469. The maximum absolute atomic E-state index is 12.7. The fourth-order valence-corrected chi connectivity index (χ4v) is 4.31. The molecule has 0 radical (unpaired) electrons. The number of nitrogens with one attached hydrogen (secondary N) is 1. The summed E-state index contributed by atoms with van der Waals surface area (Å²) in [5.41, 5.74) is 0.559. The van der Waals surface area contributed by atoms with Gasteiger partial charge in [-0.1, -0.05) is 11.6 Å². The average Bonchev–Trinajstić information content (AvgIpc) is 2.85. The molecule has 114 valence electrons. The van der Waals surface area contributed by atoms with Crippen molar-refractivity contribution in [2.45, 2.75) is 18.4 Å². The summed E-state index contributed by atoms with van der Waals surface area (Å²) < 4.78 is 27.3. The number of rotatable bonds is 6. The first kappa shape index (κ1) is 16.2. The minimum Gasteiger partial charge on any atom is -0.384 e. The highest BCUT2D eigenvalue weighted by atomic mass is 35.5. The van der Waals surface area contributed by atoms with Crippen LogP contribution >= 0.6 is 22.9 Å². The van der Waals surface area contributed by atoms with Crippen molar-refractivity contribution >= 4 is 38.6 Å². The smallest absolute Gasteiger partial charge is 0.246 e. The quantitative estimate of drug-likeness (QED) is 0.874. The average molecular weight is 346 g/mol. The molecule has 2 aromatic heterocycles. The van der Waals surface area contributed by atoms with Crippen LogP contribution in [0.5, 0.6) is 0 Å². The predicted octanol–water partition coefficient (Wildman–Crippen LogP) is 3.05. The highest BCUT2D eigenvalue weighted by molar-refractivity contribution is 7.89. The number of sulfonamides is 1. The number of thiophene rings is 1. The third-order valence-electron chi connectivity index (χ3n) is 2.85. The second-order valence-electron chi connectivity index (χ2n) is 4.37. The van der Waals surface area contributed by atoms with Gasteiger partial charge in [0.05, 0.1) is 10.0 Å². The lowest BCUT2D eigenvalue weighted by Crippen LogP contribution is -2.27. The monoisotopic (exact) mass is 345 g/mol. The highest BCUT2D eigenvalue weighted by Gasteiger charge is 2.24. The van der Waals surface area contributed by atoms with Gasteiger partial charge < -0.3 is 5.32 Å². The molecule has 0 aliphatic rings. The van der Waals surface area contributed by atoms with Crippen LogP contribution in [0.15, 0.2) is 35.5 Å². The molecule has 0 saturated heterocycles.